The second-order valence-corrected chi connectivity index (χ2v) is 9.74. The minimum Gasteiger partial charge on any atom is -0.396 e. The maximum atomic E-state index is 10.9. The van der Waals surface area contributed by atoms with Crippen LogP contribution in [-0.2, 0) is 0 Å². The van der Waals surface area contributed by atoms with Crippen LogP contribution >= 0.6 is 0 Å². The number of rotatable bonds is 6. The molecule has 1 saturated heterocycles. The minimum atomic E-state index is -0.264. The fourth-order valence-electron chi connectivity index (χ4n) is 7.58. The van der Waals surface area contributed by atoms with E-state index in [1.165, 1.54) is 25.7 Å². The van der Waals surface area contributed by atoms with Gasteiger partial charge in [-0.05, 0) is 76.2 Å². The molecular formula is C22H37NO3. The van der Waals surface area contributed by atoms with Crippen LogP contribution in [0.2, 0.25) is 0 Å². The highest BCUT2D eigenvalue weighted by molar-refractivity contribution is 5.40. The Balaban J connectivity index is 1.82. The standard InChI is InChI=1S/C22H37NO3/c1-3-18(26)8-9-21(14-25)17-6-4-15-5-7-19-16(12-24)10-22(21,20(15)19)13-23(2)11-17/h16-19,24-26H,3-14H2,1-2H3/t16-,17+,18?,19+,21+,22+/m0/s1. The number of fused-ring (bicyclic) bond motifs is 1. The molecule has 1 aliphatic heterocycles. The molecular weight excluding hydrogens is 326 g/mol. The van der Waals surface area contributed by atoms with Crippen LogP contribution in [0.4, 0.5) is 0 Å². The number of allylic oxidation sites excluding steroid dienone is 1. The third kappa shape index (κ3) is 2.48. The Hall–Kier alpha value is -0.420. The second-order valence-electron chi connectivity index (χ2n) is 9.74. The maximum absolute atomic E-state index is 10.9. The number of likely N-dealkylation sites (tertiary alicyclic amines) is 1. The quantitative estimate of drug-likeness (QED) is 0.635. The van der Waals surface area contributed by atoms with E-state index in [1.807, 2.05) is 6.92 Å². The van der Waals surface area contributed by atoms with Gasteiger partial charge in [-0.15, -0.1) is 0 Å². The van der Waals surface area contributed by atoms with Crippen molar-refractivity contribution >= 4 is 0 Å². The average Bonchev–Trinajstić information content (AvgIpc) is 3.17. The number of hydrogen-bond donors (Lipinski definition) is 3. The SMILES string of the molecule is CCC(O)CC[C@@]1(CO)[C@@H]2CCC3=C4[C@H](CC3)[C@H](CO)C[C@@]41CN(C)C2. The summed E-state index contributed by atoms with van der Waals surface area (Å²) in [6, 6.07) is 0. The maximum Gasteiger partial charge on any atom is 0.0537 e. The van der Waals surface area contributed by atoms with E-state index in [0.717, 1.165) is 38.8 Å². The molecule has 4 nitrogen and oxygen atoms in total. The molecule has 26 heavy (non-hydrogen) atoms. The summed E-state index contributed by atoms with van der Waals surface area (Å²) in [7, 11) is 2.23. The molecule has 4 heteroatoms. The van der Waals surface area contributed by atoms with Crippen LogP contribution < -0.4 is 0 Å². The Morgan fingerprint density at radius 2 is 2.00 bits per heavy atom. The number of aliphatic hydroxyl groups is 3. The first kappa shape index (κ1) is 18.9. The first-order valence-corrected chi connectivity index (χ1v) is 10.8. The van der Waals surface area contributed by atoms with Crippen LogP contribution in [0.3, 0.4) is 0 Å². The molecule has 1 saturated carbocycles. The van der Waals surface area contributed by atoms with Gasteiger partial charge in [0.15, 0.2) is 0 Å². The van der Waals surface area contributed by atoms with Crippen molar-refractivity contribution in [2.45, 2.75) is 64.4 Å². The van der Waals surface area contributed by atoms with Crippen LogP contribution in [0.25, 0.3) is 0 Å². The van der Waals surface area contributed by atoms with Crippen molar-refractivity contribution in [2.24, 2.45) is 28.6 Å². The number of hydrogen-bond acceptors (Lipinski definition) is 4. The third-order valence-electron chi connectivity index (χ3n) is 8.72. The predicted molar refractivity (Wildman–Crippen MR) is 103 cm³/mol. The molecule has 1 unspecified atom stereocenters. The first-order valence-electron chi connectivity index (χ1n) is 10.8. The zero-order valence-electron chi connectivity index (χ0n) is 16.6. The Kier molecular flexibility index (Phi) is 5.00. The predicted octanol–water partition coefficient (Wildman–Crippen LogP) is 2.58. The van der Waals surface area contributed by atoms with Crippen molar-refractivity contribution in [3.63, 3.8) is 0 Å². The van der Waals surface area contributed by atoms with Gasteiger partial charge in [-0.1, -0.05) is 18.1 Å². The van der Waals surface area contributed by atoms with Gasteiger partial charge >= 0.3 is 0 Å². The van der Waals surface area contributed by atoms with Gasteiger partial charge in [0.05, 0.1) is 6.10 Å². The zero-order valence-corrected chi connectivity index (χ0v) is 16.6. The third-order valence-corrected chi connectivity index (χ3v) is 8.72. The number of piperidine rings is 1. The van der Waals surface area contributed by atoms with Crippen molar-refractivity contribution in [3.05, 3.63) is 11.1 Å². The van der Waals surface area contributed by atoms with Crippen LogP contribution in [0.15, 0.2) is 11.1 Å². The van der Waals surface area contributed by atoms with E-state index < -0.39 is 0 Å². The highest BCUT2D eigenvalue weighted by atomic mass is 16.3. The van der Waals surface area contributed by atoms with Gasteiger partial charge in [0.1, 0.15) is 0 Å². The van der Waals surface area contributed by atoms with E-state index in [1.54, 1.807) is 11.1 Å². The van der Waals surface area contributed by atoms with Gasteiger partial charge in [0.2, 0.25) is 0 Å². The Labute approximate surface area is 158 Å². The van der Waals surface area contributed by atoms with Gasteiger partial charge in [-0.3, -0.25) is 0 Å². The van der Waals surface area contributed by atoms with Gasteiger partial charge in [-0.2, -0.15) is 0 Å². The summed E-state index contributed by atoms with van der Waals surface area (Å²) in [4.78, 5) is 2.49. The van der Waals surface area contributed by atoms with Gasteiger partial charge in [0, 0.05) is 37.1 Å². The second kappa shape index (κ2) is 6.88. The molecule has 0 aromatic carbocycles. The van der Waals surface area contributed by atoms with Gasteiger partial charge in [0.25, 0.3) is 0 Å². The molecule has 3 N–H and O–H groups in total. The molecule has 3 aliphatic carbocycles. The number of aliphatic hydroxyl groups excluding tert-OH is 3. The van der Waals surface area contributed by atoms with Crippen LogP contribution in [0, 0.1) is 28.6 Å². The number of nitrogens with zero attached hydrogens (tertiary/aromatic N) is 1. The summed E-state index contributed by atoms with van der Waals surface area (Å²) in [5.41, 5.74) is 3.19. The molecule has 0 aromatic rings. The monoisotopic (exact) mass is 363 g/mol. The molecule has 0 amide bonds. The first-order chi connectivity index (χ1) is 12.5. The molecule has 6 atom stereocenters. The van der Waals surface area contributed by atoms with Crippen molar-refractivity contribution in [3.8, 4) is 0 Å². The van der Waals surface area contributed by atoms with Crippen molar-refractivity contribution < 1.29 is 15.3 Å². The molecule has 0 aromatic heterocycles. The topological polar surface area (TPSA) is 63.9 Å². The summed E-state index contributed by atoms with van der Waals surface area (Å²) in [5, 5.41) is 31.3. The minimum absolute atomic E-state index is 0.00722. The smallest absolute Gasteiger partial charge is 0.0537 e. The summed E-state index contributed by atoms with van der Waals surface area (Å²) in [6.07, 6.45) is 8.01. The summed E-state index contributed by atoms with van der Waals surface area (Å²) >= 11 is 0. The lowest BCUT2D eigenvalue weighted by molar-refractivity contribution is -0.114. The van der Waals surface area contributed by atoms with Crippen LogP contribution in [0.5, 0.6) is 0 Å². The Morgan fingerprint density at radius 3 is 2.69 bits per heavy atom. The molecule has 0 radical (unpaired) electrons. The highest BCUT2D eigenvalue weighted by Gasteiger charge is 2.66. The average molecular weight is 364 g/mol. The van der Waals surface area contributed by atoms with E-state index in [9.17, 15) is 15.3 Å². The largest absolute Gasteiger partial charge is 0.396 e. The van der Waals surface area contributed by atoms with Crippen molar-refractivity contribution in [1.82, 2.24) is 4.90 Å². The normalized spacial score (nSPS) is 43.5. The van der Waals surface area contributed by atoms with Crippen molar-refractivity contribution in [2.75, 3.05) is 33.4 Å². The van der Waals surface area contributed by atoms with Gasteiger partial charge in [-0.25, -0.2) is 0 Å². The fourth-order valence-corrected chi connectivity index (χ4v) is 7.58. The molecule has 148 valence electrons. The molecule has 4 aliphatic rings. The van der Waals surface area contributed by atoms with Crippen LogP contribution in [0.1, 0.15) is 58.3 Å². The van der Waals surface area contributed by atoms with E-state index >= 15 is 0 Å². The van der Waals surface area contributed by atoms with E-state index in [-0.39, 0.29) is 30.1 Å². The van der Waals surface area contributed by atoms with Crippen LogP contribution in [-0.4, -0.2) is 59.7 Å². The lowest BCUT2D eigenvalue weighted by Gasteiger charge is -2.59. The van der Waals surface area contributed by atoms with Gasteiger partial charge < -0.3 is 20.2 Å². The fraction of sp³-hybridized carbons (Fsp3) is 0.909. The Bertz CT molecular complexity index is 576. The molecule has 2 bridgehead atoms. The zero-order chi connectivity index (χ0) is 18.5. The summed E-state index contributed by atoms with van der Waals surface area (Å²) in [6.45, 7) is 4.61. The molecule has 1 spiro atoms. The highest BCUT2D eigenvalue weighted by Crippen LogP contribution is 2.70. The van der Waals surface area contributed by atoms with E-state index in [4.69, 9.17) is 0 Å². The molecule has 1 heterocycles. The van der Waals surface area contributed by atoms with E-state index in [2.05, 4.69) is 11.9 Å². The lowest BCUT2D eigenvalue weighted by Crippen LogP contribution is -2.61. The molecule has 4 rings (SSSR count). The summed E-state index contributed by atoms with van der Waals surface area (Å²) < 4.78 is 0. The van der Waals surface area contributed by atoms with Crippen molar-refractivity contribution in [1.29, 1.82) is 0 Å². The summed E-state index contributed by atoms with van der Waals surface area (Å²) in [5.74, 6) is 1.37. The van der Waals surface area contributed by atoms with E-state index in [0.29, 0.717) is 17.8 Å². The lowest BCUT2D eigenvalue weighted by atomic mass is 9.51. The Morgan fingerprint density at radius 1 is 1.23 bits per heavy atom. The molecule has 2 fully saturated rings.